The van der Waals surface area contributed by atoms with E-state index in [1.807, 2.05) is 6.92 Å². The summed E-state index contributed by atoms with van der Waals surface area (Å²) in [4.78, 5) is 11.0. The molecule has 0 radical (unpaired) electrons. The average molecular weight is 183 g/mol. The molecule has 1 amide bonds. The maximum Gasteiger partial charge on any atom is 0.243 e. The number of hydrogen-bond donors (Lipinski definition) is 1. The second-order valence-electron chi connectivity index (χ2n) is 3.23. The van der Waals surface area contributed by atoms with Crippen LogP contribution in [0.5, 0.6) is 0 Å². The molecule has 0 spiro atoms. The SMILES string of the molecule is C/C=C/C(=O)NCC1CCCCO1. The molecular weight excluding hydrogens is 166 g/mol. The largest absolute Gasteiger partial charge is 0.376 e. The second-order valence-corrected chi connectivity index (χ2v) is 3.23. The Hall–Kier alpha value is -0.830. The molecule has 0 aromatic heterocycles. The lowest BCUT2D eigenvalue weighted by atomic mass is 10.1. The zero-order valence-electron chi connectivity index (χ0n) is 8.08. The zero-order valence-corrected chi connectivity index (χ0v) is 8.08. The maximum atomic E-state index is 11.0. The molecule has 1 rings (SSSR count). The highest BCUT2D eigenvalue weighted by atomic mass is 16.5. The van der Waals surface area contributed by atoms with Gasteiger partial charge < -0.3 is 10.1 Å². The van der Waals surface area contributed by atoms with Crippen molar-refractivity contribution in [2.45, 2.75) is 32.3 Å². The molecule has 0 aliphatic carbocycles. The predicted molar refractivity (Wildman–Crippen MR) is 51.4 cm³/mol. The van der Waals surface area contributed by atoms with Gasteiger partial charge >= 0.3 is 0 Å². The van der Waals surface area contributed by atoms with E-state index >= 15 is 0 Å². The zero-order chi connectivity index (χ0) is 9.52. The maximum absolute atomic E-state index is 11.0. The van der Waals surface area contributed by atoms with E-state index in [1.54, 1.807) is 6.08 Å². The van der Waals surface area contributed by atoms with Crippen LogP contribution in [0.2, 0.25) is 0 Å². The summed E-state index contributed by atoms with van der Waals surface area (Å²) in [5.41, 5.74) is 0. The number of carbonyl (C=O) groups excluding carboxylic acids is 1. The van der Waals surface area contributed by atoms with Crippen molar-refractivity contribution in [1.82, 2.24) is 5.32 Å². The minimum Gasteiger partial charge on any atom is -0.376 e. The molecule has 3 heteroatoms. The number of ether oxygens (including phenoxy) is 1. The van der Waals surface area contributed by atoms with E-state index < -0.39 is 0 Å². The van der Waals surface area contributed by atoms with Crippen molar-refractivity contribution in [3.63, 3.8) is 0 Å². The van der Waals surface area contributed by atoms with Gasteiger partial charge in [0.05, 0.1) is 6.10 Å². The summed E-state index contributed by atoms with van der Waals surface area (Å²) in [6.07, 6.45) is 6.92. The summed E-state index contributed by atoms with van der Waals surface area (Å²) in [5, 5.41) is 2.80. The summed E-state index contributed by atoms with van der Waals surface area (Å²) in [6, 6.07) is 0. The predicted octanol–water partition coefficient (Wildman–Crippen LogP) is 1.25. The Balaban J connectivity index is 2.13. The third-order valence-electron chi connectivity index (χ3n) is 2.10. The van der Waals surface area contributed by atoms with Gasteiger partial charge in [-0.1, -0.05) is 6.08 Å². The fraction of sp³-hybridized carbons (Fsp3) is 0.700. The van der Waals surface area contributed by atoms with E-state index in [1.165, 1.54) is 12.5 Å². The highest BCUT2D eigenvalue weighted by molar-refractivity contribution is 5.87. The Kier molecular flexibility index (Phi) is 4.54. The van der Waals surface area contributed by atoms with Crippen LogP contribution in [0.1, 0.15) is 26.2 Å². The van der Waals surface area contributed by atoms with Crippen LogP contribution in [0.25, 0.3) is 0 Å². The molecule has 1 fully saturated rings. The third kappa shape index (κ3) is 4.08. The van der Waals surface area contributed by atoms with Gasteiger partial charge in [0.2, 0.25) is 5.91 Å². The molecule has 1 heterocycles. The van der Waals surface area contributed by atoms with Gasteiger partial charge in [-0.3, -0.25) is 4.79 Å². The first-order valence-corrected chi connectivity index (χ1v) is 4.85. The van der Waals surface area contributed by atoms with Crippen LogP contribution in [0.3, 0.4) is 0 Å². The van der Waals surface area contributed by atoms with E-state index in [4.69, 9.17) is 4.74 Å². The third-order valence-corrected chi connectivity index (χ3v) is 2.10. The van der Waals surface area contributed by atoms with Gasteiger partial charge in [-0.15, -0.1) is 0 Å². The van der Waals surface area contributed by atoms with E-state index in [0.717, 1.165) is 19.4 Å². The Morgan fingerprint density at radius 1 is 1.62 bits per heavy atom. The number of amides is 1. The van der Waals surface area contributed by atoms with E-state index in [0.29, 0.717) is 6.54 Å². The second kappa shape index (κ2) is 5.75. The van der Waals surface area contributed by atoms with Crippen molar-refractivity contribution in [3.05, 3.63) is 12.2 Å². The van der Waals surface area contributed by atoms with Gasteiger partial charge in [-0.25, -0.2) is 0 Å². The molecule has 1 aliphatic heterocycles. The Morgan fingerprint density at radius 2 is 2.46 bits per heavy atom. The van der Waals surface area contributed by atoms with Crippen LogP contribution in [0, 0.1) is 0 Å². The van der Waals surface area contributed by atoms with Crippen LogP contribution < -0.4 is 5.32 Å². The molecule has 0 aromatic carbocycles. The lowest BCUT2D eigenvalue weighted by Crippen LogP contribution is -2.34. The average Bonchev–Trinajstić information content (AvgIpc) is 2.17. The molecule has 0 saturated carbocycles. The molecule has 1 aliphatic rings. The number of hydrogen-bond acceptors (Lipinski definition) is 2. The van der Waals surface area contributed by atoms with Crippen LogP contribution in [-0.4, -0.2) is 25.2 Å². The van der Waals surface area contributed by atoms with Crippen molar-refractivity contribution >= 4 is 5.91 Å². The van der Waals surface area contributed by atoms with Crippen molar-refractivity contribution in [3.8, 4) is 0 Å². The lowest BCUT2D eigenvalue weighted by Gasteiger charge is -2.22. The number of allylic oxidation sites excluding steroid dienone is 1. The molecular formula is C10H17NO2. The number of nitrogens with one attached hydrogen (secondary N) is 1. The van der Waals surface area contributed by atoms with Gasteiger partial charge in [0.25, 0.3) is 0 Å². The molecule has 1 N–H and O–H groups in total. The molecule has 0 bridgehead atoms. The monoisotopic (exact) mass is 183 g/mol. The van der Waals surface area contributed by atoms with Crippen LogP contribution in [0.4, 0.5) is 0 Å². The molecule has 74 valence electrons. The molecule has 1 saturated heterocycles. The fourth-order valence-corrected chi connectivity index (χ4v) is 1.39. The first-order chi connectivity index (χ1) is 6.33. The topological polar surface area (TPSA) is 38.3 Å². The Bertz CT molecular complexity index is 183. The molecule has 1 unspecified atom stereocenters. The molecule has 0 aromatic rings. The van der Waals surface area contributed by atoms with Crippen molar-refractivity contribution in [2.75, 3.05) is 13.2 Å². The number of carbonyl (C=O) groups is 1. The normalized spacial score (nSPS) is 23.3. The molecule has 3 nitrogen and oxygen atoms in total. The van der Waals surface area contributed by atoms with Crippen molar-refractivity contribution in [2.24, 2.45) is 0 Å². The van der Waals surface area contributed by atoms with Gasteiger partial charge in [0.15, 0.2) is 0 Å². The van der Waals surface area contributed by atoms with Gasteiger partial charge in [-0.05, 0) is 32.3 Å². The van der Waals surface area contributed by atoms with E-state index in [2.05, 4.69) is 5.32 Å². The Morgan fingerprint density at radius 3 is 3.08 bits per heavy atom. The summed E-state index contributed by atoms with van der Waals surface area (Å²) < 4.78 is 5.47. The van der Waals surface area contributed by atoms with Crippen LogP contribution in [0.15, 0.2) is 12.2 Å². The summed E-state index contributed by atoms with van der Waals surface area (Å²) in [7, 11) is 0. The van der Waals surface area contributed by atoms with Crippen LogP contribution >= 0.6 is 0 Å². The first-order valence-electron chi connectivity index (χ1n) is 4.85. The van der Waals surface area contributed by atoms with Gasteiger partial charge in [-0.2, -0.15) is 0 Å². The Labute approximate surface area is 79.2 Å². The molecule has 13 heavy (non-hydrogen) atoms. The lowest BCUT2D eigenvalue weighted by molar-refractivity contribution is -0.117. The summed E-state index contributed by atoms with van der Waals surface area (Å²) >= 11 is 0. The van der Waals surface area contributed by atoms with Crippen molar-refractivity contribution < 1.29 is 9.53 Å². The summed E-state index contributed by atoms with van der Waals surface area (Å²) in [5.74, 6) is -0.0309. The highest BCUT2D eigenvalue weighted by Gasteiger charge is 2.13. The minimum atomic E-state index is -0.0309. The molecule has 1 atom stereocenters. The van der Waals surface area contributed by atoms with Crippen LogP contribution in [-0.2, 0) is 9.53 Å². The van der Waals surface area contributed by atoms with Crippen molar-refractivity contribution in [1.29, 1.82) is 0 Å². The summed E-state index contributed by atoms with van der Waals surface area (Å²) in [6.45, 7) is 3.31. The van der Waals surface area contributed by atoms with E-state index in [9.17, 15) is 4.79 Å². The highest BCUT2D eigenvalue weighted by Crippen LogP contribution is 2.11. The van der Waals surface area contributed by atoms with Gasteiger partial charge in [0.1, 0.15) is 0 Å². The minimum absolute atomic E-state index is 0.0309. The quantitative estimate of drug-likeness (QED) is 0.669. The fourth-order valence-electron chi connectivity index (χ4n) is 1.39. The smallest absolute Gasteiger partial charge is 0.243 e. The number of rotatable bonds is 3. The standard InChI is InChI=1S/C10H17NO2/c1-2-5-10(12)11-8-9-6-3-4-7-13-9/h2,5,9H,3-4,6-8H2,1H3,(H,11,12)/b5-2+. The first kappa shape index (κ1) is 10.3. The van der Waals surface area contributed by atoms with Gasteiger partial charge in [0, 0.05) is 13.2 Å². The van der Waals surface area contributed by atoms with E-state index in [-0.39, 0.29) is 12.0 Å².